The molecule has 0 aliphatic rings. The van der Waals surface area contributed by atoms with E-state index in [1.807, 2.05) is 6.08 Å². The van der Waals surface area contributed by atoms with Gasteiger partial charge in [0.25, 0.3) is 0 Å². The van der Waals surface area contributed by atoms with Gasteiger partial charge in [0.2, 0.25) is 0 Å². The van der Waals surface area contributed by atoms with E-state index in [4.69, 9.17) is 4.74 Å². The molecule has 0 saturated carbocycles. The Hall–Kier alpha value is -1.09. The molecule has 0 bridgehead atoms. The van der Waals surface area contributed by atoms with E-state index in [1.165, 1.54) is 11.6 Å². The quantitative estimate of drug-likeness (QED) is 0.552. The second-order valence-electron chi connectivity index (χ2n) is 2.82. The van der Waals surface area contributed by atoms with Gasteiger partial charge < -0.3 is 4.74 Å². The van der Waals surface area contributed by atoms with Gasteiger partial charge in [0.05, 0.1) is 6.61 Å². The van der Waals surface area contributed by atoms with Crippen LogP contribution in [0.3, 0.4) is 0 Å². The molecule has 0 spiro atoms. The van der Waals surface area contributed by atoms with Crippen LogP contribution >= 0.6 is 11.3 Å². The summed E-state index contributed by atoms with van der Waals surface area (Å²) in [5.41, 5.74) is 1.32. The molecule has 0 aliphatic carbocycles. The van der Waals surface area contributed by atoms with E-state index in [2.05, 4.69) is 16.8 Å². The highest BCUT2D eigenvalue weighted by molar-refractivity contribution is 7.07. The van der Waals surface area contributed by atoms with Crippen molar-refractivity contribution < 1.29 is 9.53 Å². The van der Waals surface area contributed by atoms with Crippen LogP contribution in [0.2, 0.25) is 0 Å². The molecule has 0 radical (unpaired) electrons. The van der Waals surface area contributed by atoms with Crippen molar-refractivity contribution in [1.29, 1.82) is 0 Å². The van der Waals surface area contributed by atoms with Crippen molar-refractivity contribution in [3.63, 3.8) is 0 Å². The van der Waals surface area contributed by atoms with Crippen LogP contribution in [0.1, 0.15) is 18.9 Å². The number of hydrogen-bond donors (Lipinski definition) is 0. The molecule has 0 aromatic carbocycles. The maximum atomic E-state index is 10.9. The highest BCUT2D eigenvalue weighted by atomic mass is 32.1. The van der Waals surface area contributed by atoms with Crippen LogP contribution in [-0.2, 0) is 16.0 Å². The van der Waals surface area contributed by atoms with Gasteiger partial charge in [-0.1, -0.05) is 6.08 Å². The molecule has 1 aromatic rings. The molecule has 2 nitrogen and oxygen atoms in total. The smallest absolute Gasteiger partial charge is 0.330 e. The Kier molecular flexibility index (Phi) is 5.00. The lowest BCUT2D eigenvalue weighted by Crippen LogP contribution is -1.98. The monoisotopic (exact) mass is 210 g/mol. The number of esters is 1. The molecule has 14 heavy (non-hydrogen) atoms. The highest BCUT2D eigenvalue weighted by Crippen LogP contribution is 2.08. The normalized spacial score (nSPS) is 10.6. The molecular formula is C11H14O2S. The first-order valence-electron chi connectivity index (χ1n) is 4.67. The van der Waals surface area contributed by atoms with Gasteiger partial charge in [-0.25, -0.2) is 4.79 Å². The second kappa shape index (κ2) is 6.38. The fourth-order valence-corrected chi connectivity index (χ4v) is 1.76. The fourth-order valence-electron chi connectivity index (χ4n) is 1.05. The molecule has 0 saturated heterocycles. The Morgan fingerprint density at radius 3 is 3.14 bits per heavy atom. The van der Waals surface area contributed by atoms with Gasteiger partial charge in [-0.2, -0.15) is 11.3 Å². The van der Waals surface area contributed by atoms with Crippen LogP contribution < -0.4 is 0 Å². The Balaban J connectivity index is 2.18. The largest absolute Gasteiger partial charge is 0.463 e. The van der Waals surface area contributed by atoms with Gasteiger partial charge in [-0.05, 0) is 42.2 Å². The minimum absolute atomic E-state index is 0.252. The Morgan fingerprint density at radius 1 is 1.64 bits per heavy atom. The van der Waals surface area contributed by atoms with Gasteiger partial charge >= 0.3 is 5.97 Å². The first-order chi connectivity index (χ1) is 6.83. The van der Waals surface area contributed by atoms with Crippen molar-refractivity contribution in [2.24, 2.45) is 0 Å². The number of thiophene rings is 1. The molecule has 1 rings (SSSR count). The summed E-state index contributed by atoms with van der Waals surface area (Å²) in [4.78, 5) is 10.9. The molecule has 76 valence electrons. The van der Waals surface area contributed by atoms with Crippen LogP contribution in [0.25, 0.3) is 0 Å². The summed E-state index contributed by atoms with van der Waals surface area (Å²) in [7, 11) is 0. The Labute approximate surface area is 88.2 Å². The predicted octanol–water partition coefficient (Wildman–Crippen LogP) is 2.80. The molecule has 0 unspecified atom stereocenters. The van der Waals surface area contributed by atoms with Crippen molar-refractivity contribution in [1.82, 2.24) is 0 Å². The van der Waals surface area contributed by atoms with Crippen LogP contribution in [0, 0.1) is 0 Å². The molecule has 1 heterocycles. The van der Waals surface area contributed by atoms with Crippen molar-refractivity contribution in [2.75, 3.05) is 6.61 Å². The molecule has 1 aromatic heterocycles. The van der Waals surface area contributed by atoms with Crippen LogP contribution in [0.5, 0.6) is 0 Å². The van der Waals surface area contributed by atoms with Crippen LogP contribution in [-0.4, -0.2) is 12.6 Å². The summed E-state index contributed by atoms with van der Waals surface area (Å²) in [6.07, 6.45) is 5.22. The average molecular weight is 210 g/mol. The molecule has 0 aliphatic heterocycles. The molecule has 0 atom stereocenters. The zero-order valence-corrected chi connectivity index (χ0v) is 9.05. The molecule has 3 heteroatoms. The lowest BCUT2D eigenvalue weighted by Gasteiger charge is -1.94. The van der Waals surface area contributed by atoms with Gasteiger partial charge in [-0.3, -0.25) is 0 Å². The van der Waals surface area contributed by atoms with E-state index in [0.717, 1.165) is 12.8 Å². The van der Waals surface area contributed by atoms with Crippen molar-refractivity contribution >= 4 is 17.3 Å². The SMILES string of the molecule is CCOC(=O)/C=C/CCc1ccsc1. The molecule has 0 amide bonds. The van der Waals surface area contributed by atoms with Gasteiger partial charge in [-0.15, -0.1) is 0 Å². The van der Waals surface area contributed by atoms with E-state index in [0.29, 0.717) is 6.61 Å². The number of rotatable bonds is 5. The number of aryl methyl sites for hydroxylation is 1. The summed E-state index contributed by atoms with van der Waals surface area (Å²) >= 11 is 1.70. The van der Waals surface area contributed by atoms with Gasteiger partial charge in [0.1, 0.15) is 0 Å². The van der Waals surface area contributed by atoms with Crippen molar-refractivity contribution in [3.8, 4) is 0 Å². The third-order valence-corrected chi connectivity index (χ3v) is 2.45. The topological polar surface area (TPSA) is 26.3 Å². The predicted molar refractivity (Wildman–Crippen MR) is 58.4 cm³/mol. The minimum Gasteiger partial charge on any atom is -0.463 e. The maximum Gasteiger partial charge on any atom is 0.330 e. The molecular weight excluding hydrogens is 196 g/mol. The van der Waals surface area contributed by atoms with E-state index in [9.17, 15) is 4.79 Å². The summed E-state index contributed by atoms with van der Waals surface area (Å²) < 4.78 is 4.76. The third-order valence-electron chi connectivity index (χ3n) is 1.72. The second-order valence-corrected chi connectivity index (χ2v) is 3.60. The highest BCUT2D eigenvalue weighted by Gasteiger charge is 1.93. The van der Waals surface area contributed by atoms with E-state index >= 15 is 0 Å². The molecule has 0 N–H and O–H groups in total. The number of hydrogen-bond acceptors (Lipinski definition) is 3. The summed E-state index contributed by atoms with van der Waals surface area (Å²) in [5, 5.41) is 4.18. The Bertz CT molecular complexity index is 288. The van der Waals surface area contributed by atoms with E-state index in [-0.39, 0.29) is 5.97 Å². The van der Waals surface area contributed by atoms with Crippen molar-refractivity contribution in [3.05, 3.63) is 34.5 Å². The lowest BCUT2D eigenvalue weighted by atomic mass is 10.2. The van der Waals surface area contributed by atoms with Gasteiger partial charge in [0.15, 0.2) is 0 Å². The fraction of sp³-hybridized carbons (Fsp3) is 0.364. The van der Waals surface area contributed by atoms with Crippen LogP contribution in [0.15, 0.2) is 29.0 Å². The number of allylic oxidation sites excluding steroid dienone is 1. The number of ether oxygens (including phenoxy) is 1. The third kappa shape index (κ3) is 4.23. The lowest BCUT2D eigenvalue weighted by molar-refractivity contribution is -0.137. The standard InChI is InChI=1S/C11H14O2S/c1-2-13-11(12)6-4-3-5-10-7-8-14-9-10/h4,6-9H,2-3,5H2,1H3/b6-4+. The summed E-state index contributed by atoms with van der Waals surface area (Å²) in [6, 6.07) is 2.10. The van der Waals surface area contributed by atoms with Gasteiger partial charge in [0, 0.05) is 6.08 Å². The maximum absolute atomic E-state index is 10.9. The number of carbonyl (C=O) groups excluding carboxylic acids is 1. The average Bonchev–Trinajstić information content (AvgIpc) is 2.65. The summed E-state index contributed by atoms with van der Waals surface area (Å²) in [5.74, 6) is -0.252. The zero-order valence-electron chi connectivity index (χ0n) is 8.23. The first-order valence-corrected chi connectivity index (χ1v) is 5.61. The first kappa shape index (κ1) is 11.0. The van der Waals surface area contributed by atoms with Crippen LogP contribution in [0.4, 0.5) is 0 Å². The van der Waals surface area contributed by atoms with Crippen molar-refractivity contribution in [2.45, 2.75) is 19.8 Å². The zero-order chi connectivity index (χ0) is 10.2. The van der Waals surface area contributed by atoms with E-state index < -0.39 is 0 Å². The number of carbonyl (C=O) groups is 1. The Morgan fingerprint density at radius 2 is 2.50 bits per heavy atom. The minimum atomic E-state index is -0.252. The summed E-state index contributed by atoms with van der Waals surface area (Å²) in [6.45, 7) is 2.24. The molecule has 0 fully saturated rings. The van der Waals surface area contributed by atoms with E-state index in [1.54, 1.807) is 18.3 Å².